The number of rotatable bonds is 7. The zero-order valence-electron chi connectivity index (χ0n) is 16.3. The Morgan fingerprint density at radius 2 is 2.04 bits per heavy atom. The summed E-state index contributed by atoms with van der Waals surface area (Å²) in [6, 6.07) is -2.61. The summed E-state index contributed by atoms with van der Waals surface area (Å²) in [5.41, 5.74) is -0.783. The van der Waals surface area contributed by atoms with Crippen LogP contribution >= 0.6 is 0 Å². The Morgan fingerprint density at radius 1 is 1.37 bits per heavy atom. The largest absolute Gasteiger partial charge is 0.444 e. The van der Waals surface area contributed by atoms with E-state index in [9.17, 15) is 24.6 Å². The number of carbonyl (C=O) groups is 3. The number of alkyl carbamates (subject to hydrolysis) is 1. The Balaban J connectivity index is 2.88. The normalized spacial score (nSPS) is 20.7. The van der Waals surface area contributed by atoms with Crippen molar-refractivity contribution in [2.24, 2.45) is 5.10 Å². The Morgan fingerprint density at radius 3 is 2.59 bits per heavy atom. The molecule has 4 N–H and O–H groups in total. The van der Waals surface area contributed by atoms with Crippen LogP contribution in [-0.2, 0) is 14.3 Å². The Hall–Kier alpha value is -2.20. The highest BCUT2D eigenvalue weighted by Gasteiger charge is 2.40. The number of aliphatic hydroxyl groups is 2. The van der Waals surface area contributed by atoms with Gasteiger partial charge in [-0.3, -0.25) is 9.59 Å². The van der Waals surface area contributed by atoms with Crippen LogP contribution in [0, 0.1) is 0 Å². The maximum absolute atomic E-state index is 12.7. The summed E-state index contributed by atoms with van der Waals surface area (Å²) in [4.78, 5) is 37.0. The number of amides is 3. The van der Waals surface area contributed by atoms with Crippen molar-refractivity contribution in [2.45, 2.75) is 70.7 Å². The Kier molecular flexibility index (Phi) is 8.64. The van der Waals surface area contributed by atoms with Gasteiger partial charge in [-0.05, 0) is 27.2 Å². The molecule has 0 aromatic rings. The van der Waals surface area contributed by atoms with Gasteiger partial charge in [-0.15, -0.1) is 0 Å². The van der Waals surface area contributed by atoms with Crippen molar-refractivity contribution in [1.82, 2.24) is 15.6 Å². The fraction of sp³-hybridized carbons (Fsp3) is 0.765. The first-order valence-corrected chi connectivity index (χ1v) is 9.02. The molecule has 3 atom stereocenters. The summed E-state index contributed by atoms with van der Waals surface area (Å²) < 4.78 is 5.07. The van der Waals surface area contributed by atoms with Crippen LogP contribution in [0.15, 0.2) is 5.10 Å². The molecule has 0 aliphatic carbocycles. The molecular formula is C17H30N4O6. The molecule has 0 saturated carbocycles. The Labute approximate surface area is 158 Å². The number of carbonyl (C=O) groups excluding carboxylic acids is 3. The predicted molar refractivity (Wildman–Crippen MR) is 97.9 cm³/mol. The standard InChI is InChI=1S/C17H30N4O6/c1-5-6-8-18-14(24)13-12(23)7-9-19-21(13)15(25)11(10-22)20-16(26)27-17(2,3)4/h9,11-13,22-23H,5-8,10H2,1-4H3,(H,18,24)(H,20,26)/t11-,12+,13+/m1/s1. The fourth-order valence-electron chi connectivity index (χ4n) is 2.37. The van der Waals surface area contributed by atoms with E-state index in [0.29, 0.717) is 6.54 Å². The van der Waals surface area contributed by atoms with E-state index < -0.39 is 48.3 Å². The van der Waals surface area contributed by atoms with E-state index in [2.05, 4.69) is 15.7 Å². The van der Waals surface area contributed by atoms with Crippen LogP contribution in [0.4, 0.5) is 4.79 Å². The van der Waals surface area contributed by atoms with Gasteiger partial charge in [0.15, 0.2) is 6.04 Å². The van der Waals surface area contributed by atoms with Crippen molar-refractivity contribution in [1.29, 1.82) is 0 Å². The molecule has 0 radical (unpaired) electrons. The van der Waals surface area contributed by atoms with Crippen LogP contribution in [0.25, 0.3) is 0 Å². The number of hydrogen-bond acceptors (Lipinski definition) is 7. The maximum atomic E-state index is 12.7. The van der Waals surface area contributed by atoms with Crippen molar-refractivity contribution >= 4 is 24.1 Å². The topological polar surface area (TPSA) is 141 Å². The number of ether oxygens (including phenoxy) is 1. The molecule has 0 bridgehead atoms. The first-order valence-electron chi connectivity index (χ1n) is 9.02. The highest BCUT2D eigenvalue weighted by Crippen LogP contribution is 2.16. The van der Waals surface area contributed by atoms with Gasteiger partial charge in [0.2, 0.25) is 5.91 Å². The van der Waals surface area contributed by atoms with E-state index in [-0.39, 0.29) is 6.42 Å². The molecule has 1 aliphatic heterocycles. The van der Waals surface area contributed by atoms with Crippen molar-refractivity contribution in [2.75, 3.05) is 13.2 Å². The number of nitrogens with zero attached hydrogens (tertiary/aromatic N) is 2. The molecule has 0 unspecified atom stereocenters. The first-order chi connectivity index (χ1) is 12.6. The van der Waals surface area contributed by atoms with Gasteiger partial charge < -0.3 is 25.6 Å². The molecule has 10 nitrogen and oxygen atoms in total. The van der Waals surface area contributed by atoms with Gasteiger partial charge in [0.1, 0.15) is 11.6 Å². The van der Waals surface area contributed by atoms with Crippen LogP contribution in [0.3, 0.4) is 0 Å². The second kappa shape index (κ2) is 10.2. The lowest BCUT2D eigenvalue weighted by Crippen LogP contribution is -2.60. The molecule has 0 aromatic carbocycles. The Bertz CT molecular complexity index is 560. The van der Waals surface area contributed by atoms with Crippen molar-refractivity contribution in [3.8, 4) is 0 Å². The number of aliphatic hydroxyl groups excluding tert-OH is 2. The van der Waals surface area contributed by atoms with Gasteiger partial charge in [0.05, 0.1) is 12.7 Å². The fourth-order valence-corrected chi connectivity index (χ4v) is 2.37. The summed E-state index contributed by atoms with van der Waals surface area (Å²) in [6.45, 7) is 6.63. The molecule has 0 spiro atoms. The number of nitrogens with one attached hydrogen (secondary N) is 2. The van der Waals surface area contributed by atoms with Gasteiger partial charge in [0, 0.05) is 19.2 Å². The lowest BCUT2D eigenvalue weighted by Gasteiger charge is -2.34. The minimum atomic E-state index is -1.37. The average Bonchev–Trinajstić information content (AvgIpc) is 2.57. The third-order valence-electron chi connectivity index (χ3n) is 3.68. The molecule has 1 aliphatic rings. The SMILES string of the molecule is CCCCNC(=O)[C@@H]1[C@@H](O)CC=NN1C(=O)[C@@H](CO)NC(=O)OC(C)(C)C. The van der Waals surface area contributed by atoms with Crippen LogP contribution in [0.5, 0.6) is 0 Å². The predicted octanol–water partition coefficient (Wildman–Crippen LogP) is -0.264. The minimum Gasteiger partial charge on any atom is -0.444 e. The second-order valence-electron chi connectivity index (χ2n) is 7.25. The lowest BCUT2D eigenvalue weighted by atomic mass is 10.0. The average molecular weight is 386 g/mol. The van der Waals surface area contributed by atoms with E-state index in [0.717, 1.165) is 17.9 Å². The van der Waals surface area contributed by atoms with Crippen LogP contribution in [0.1, 0.15) is 47.0 Å². The van der Waals surface area contributed by atoms with Crippen molar-refractivity contribution in [3.05, 3.63) is 0 Å². The van der Waals surface area contributed by atoms with E-state index in [1.807, 2.05) is 6.92 Å². The number of hydrogen-bond donors (Lipinski definition) is 4. The zero-order chi connectivity index (χ0) is 20.6. The smallest absolute Gasteiger partial charge is 0.408 e. The van der Waals surface area contributed by atoms with E-state index in [1.54, 1.807) is 20.8 Å². The molecule has 27 heavy (non-hydrogen) atoms. The molecular weight excluding hydrogens is 356 g/mol. The molecule has 1 rings (SSSR count). The lowest BCUT2D eigenvalue weighted by molar-refractivity contribution is -0.147. The molecule has 0 saturated heterocycles. The molecule has 0 aromatic heterocycles. The summed E-state index contributed by atoms with van der Waals surface area (Å²) in [7, 11) is 0. The van der Waals surface area contributed by atoms with Gasteiger partial charge in [-0.1, -0.05) is 13.3 Å². The highest BCUT2D eigenvalue weighted by atomic mass is 16.6. The third kappa shape index (κ3) is 7.14. The van der Waals surface area contributed by atoms with E-state index in [4.69, 9.17) is 4.74 Å². The van der Waals surface area contributed by atoms with Crippen molar-refractivity contribution in [3.63, 3.8) is 0 Å². The quantitative estimate of drug-likeness (QED) is 0.444. The molecule has 10 heteroatoms. The molecule has 1 heterocycles. The number of hydrazone groups is 1. The summed E-state index contributed by atoms with van der Waals surface area (Å²) in [6.07, 6.45) is 1.01. The third-order valence-corrected chi connectivity index (χ3v) is 3.68. The second-order valence-corrected chi connectivity index (χ2v) is 7.25. The van der Waals surface area contributed by atoms with Crippen LogP contribution < -0.4 is 10.6 Å². The van der Waals surface area contributed by atoms with E-state index >= 15 is 0 Å². The first kappa shape index (κ1) is 22.8. The summed E-state index contributed by atoms with van der Waals surface area (Å²) in [5.74, 6) is -1.37. The van der Waals surface area contributed by atoms with Gasteiger partial charge in [-0.25, -0.2) is 9.80 Å². The monoisotopic (exact) mass is 386 g/mol. The molecule has 0 fully saturated rings. The maximum Gasteiger partial charge on any atom is 0.408 e. The summed E-state index contributed by atoms with van der Waals surface area (Å²) >= 11 is 0. The zero-order valence-corrected chi connectivity index (χ0v) is 16.3. The molecule has 3 amide bonds. The summed E-state index contributed by atoms with van der Waals surface area (Å²) in [5, 5.41) is 29.3. The van der Waals surface area contributed by atoms with Crippen LogP contribution in [0.2, 0.25) is 0 Å². The minimum absolute atomic E-state index is 0.110. The highest BCUT2D eigenvalue weighted by molar-refractivity contribution is 5.93. The van der Waals surface area contributed by atoms with Crippen molar-refractivity contribution < 1.29 is 29.3 Å². The van der Waals surface area contributed by atoms with Crippen LogP contribution in [-0.4, -0.2) is 76.3 Å². The van der Waals surface area contributed by atoms with Gasteiger partial charge in [0.25, 0.3) is 5.91 Å². The van der Waals surface area contributed by atoms with Gasteiger partial charge >= 0.3 is 6.09 Å². The molecule has 154 valence electrons. The number of unbranched alkanes of at least 4 members (excludes halogenated alkanes) is 1. The van der Waals surface area contributed by atoms with E-state index in [1.165, 1.54) is 6.21 Å². The van der Waals surface area contributed by atoms with Gasteiger partial charge in [-0.2, -0.15) is 5.10 Å².